The maximum Gasteiger partial charge on any atom is 0.310 e. The predicted octanol–water partition coefficient (Wildman–Crippen LogP) is 2.64. The second kappa shape index (κ2) is 7.27. The number of ether oxygens (including phenoxy) is 1. The fourth-order valence-electron chi connectivity index (χ4n) is 2.47. The first-order valence-electron chi connectivity index (χ1n) is 7.53. The summed E-state index contributed by atoms with van der Waals surface area (Å²) in [5, 5.41) is 3.27. The fourth-order valence-corrected chi connectivity index (χ4v) is 3.97. The summed E-state index contributed by atoms with van der Waals surface area (Å²) in [4.78, 5) is 20.4. The zero-order valence-corrected chi connectivity index (χ0v) is 14.6. The average Bonchev–Trinajstić information content (AvgIpc) is 2.90. The van der Waals surface area contributed by atoms with Crippen LogP contribution < -0.4 is 5.32 Å². The number of carbonyl (C=O) groups is 1. The summed E-state index contributed by atoms with van der Waals surface area (Å²) >= 11 is 5.94. The topological polar surface area (TPSA) is 81.2 Å². The van der Waals surface area contributed by atoms with Gasteiger partial charge in [0.15, 0.2) is 5.82 Å². The number of esters is 1. The molecule has 126 valence electrons. The lowest BCUT2D eigenvalue weighted by molar-refractivity contribution is -0.142. The molecule has 1 aromatic heterocycles. The molecule has 0 saturated heterocycles. The summed E-state index contributed by atoms with van der Waals surface area (Å²) in [6, 6.07) is 7.32. The number of hydrogen-bond donors (Lipinski definition) is 1. The van der Waals surface area contributed by atoms with Crippen molar-refractivity contribution in [1.29, 1.82) is 0 Å². The van der Waals surface area contributed by atoms with E-state index in [2.05, 4.69) is 15.3 Å². The van der Waals surface area contributed by atoms with Crippen LogP contribution in [0.25, 0.3) is 0 Å². The number of carbonyl (C=O) groups excluding carboxylic acids is 1. The smallest absolute Gasteiger partial charge is 0.310 e. The number of nitrogens with one attached hydrogen (secondary N) is 1. The monoisotopic (exact) mass is 365 g/mol. The lowest BCUT2D eigenvalue weighted by Crippen LogP contribution is -2.07. The van der Waals surface area contributed by atoms with Crippen LogP contribution in [0, 0.1) is 0 Å². The molecule has 1 aromatic carbocycles. The molecule has 0 bridgehead atoms. The molecule has 0 fully saturated rings. The van der Waals surface area contributed by atoms with Gasteiger partial charge in [0.2, 0.25) is 5.28 Å². The maximum atomic E-state index is 12.1. The van der Waals surface area contributed by atoms with E-state index in [4.69, 9.17) is 16.3 Å². The van der Waals surface area contributed by atoms with Crippen molar-refractivity contribution < 1.29 is 13.7 Å². The fraction of sp³-hybridized carbons (Fsp3) is 0.312. The van der Waals surface area contributed by atoms with Crippen LogP contribution in [0.3, 0.4) is 0 Å². The highest BCUT2D eigenvalue weighted by Gasteiger charge is 2.25. The number of halogens is 1. The highest BCUT2D eigenvalue weighted by atomic mass is 35.5. The molecular weight excluding hydrogens is 350 g/mol. The number of nitrogens with zero attached hydrogens (tertiary/aromatic N) is 2. The number of anilines is 2. The number of fused-ring (bicyclic) bond motifs is 1. The van der Waals surface area contributed by atoms with E-state index in [1.807, 2.05) is 24.3 Å². The van der Waals surface area contributed by atoms with Gasteiger partial charge in [0, 0.05) is 17.9 Å². The van der Waals surface area contributed by atoms with E-state index in [1.54, 1.807) is 6.92 Å². The van der Waals surface area contributed by atoms with E-state index in [9.17, 15) is 9.00 Å². The van der Waals surface area contributed by atoms with Crippen molar-refractivity contribution >= 4 is 39.9 Å². The van der Waals surface area contributed by atoms with Crippen molar-refractivity contribution in [3.63, 3.8) is 0 Å². The van der Waals surface area contributed by atoms with Crippen LogP contribution in [0.4, 0.5) is 11.5 Å². The van der Waals surface area contributed by atoms with Gasteiger partial charge in [-0.05, 0) is 36.2 Å². The first kappa shape index (κ1) is 16.9. The molecule has 2 heterocycles. The molecule has 1 aliphatic rings. The molecular formula is C16H16ClN3O3S. The third-order valence-corrected chi connectivity index (χ3v) is 5.16. The Morgan fingerprint density at radius 3 is 2.79 bits per heavy atom. The largest absolute Gasteiger partial charge is 0.466 e. The van der Waals surface area contributed by atoms with Gasteiger partial charge in [0.25, 0.3) is 0 Å². The quantitative estimate of drug-likeness (QED) is 0.648. The number of aryl methyl sites for hydroxylation is 1. The van der Waals surface area contributed by atoms with Crippen LogP contribution in [0.2, 0.25) is 5.28 Å². The molecule has 0 saturated carbocycles. The van der Waals surface area contributed by atoms with Gasteiger partial charge in [0.1, 0.15) is 4.90 Å². The molecule has 1 aliphatic heterocycles. The summed E-state index contributed by atoms with van der Waals surface area (Å²) in [5.74, 6) is 0.755. The Bertz CT molecular complexity index is 796. The predicted molar refractivity (Wildman–Crippen MR) is 92.1 cm³/mol. The highest BCUT2D eigenvalue weighted by molar-refractivity contribution is 7.85. The van der Waals surface area contributed by atoms with E-state index in [0.29, 0.717) is 29.5 Å². The van der Waals surface area contributed by atoms with E-state index in [0.717, 1.165) is 16.9 Å². The van der Waals surface area contributed by atoms with Crippen molar-refractivity contribution in [2.45, 2.75) is 24.7 Å². The van der Waals surface area contributed by atoms with Gasteiger partial charge in [-0.3, -0.25) is 9.00 Å². The first-order valence-corrected chi connectivity index (χ1v) is 9.23. The van der Waals surface area contributed by atoms with Gasteiger partial charge in [-0.2, -0.15) is 4.98 Å². The molecule has 1 N–H and O–H groups in total. The molecule has 0 unspecified atom stereocenters. The van der Waals surface area contributed by atoms with E-state index < -0.39 is 10.8 Å². The van der Waals surface area contributed by atoms with E-state index in [1.165, 1.54) is 0 Å². The summed E-state index contributed by atoms with van der Waals surface area (Å²) in [6.45, 7) is 2.15. The van der Waals surface area contributed by atoms with Crippen LogP contribution in [0.5, 0.6) is 0 Å². The minimum absolute atomic E-state index is 0.133. The summed E-state index contributed by atoms with van der Waals surface area (Å²) in [5.41, 5.74) is 2.35. The third kappa shape index (κ3) is 3.73. The van der Waals surface area contributed by atoms with Gasteiger partial charge >= 0.3 is 5.97 Å². The number of benzene rings is 1. The second-order valence-electron chi connectivity index (χ2n) is 5.22. The summed E-state index contributed by atoms with van der Waals surface area (Å²) < 4.78 is 17.0. The van der Waals surface area contributed by atoms with Gasteiger partial charge in [-0.25, -0.2) is 4.98 Å². The van der Waals surface area contributed by atoms with Crippen LogP contribution in [-0.2, 0) is 33.2 Å². The Balaban J connectivity index is 1.78. The van der Waals surface area contributed by atoms with Crippen LogP contribution >= 0.6 is 11.6 Å². The average molecular weight is 366 g/mol. The van der Waals surface area contributed by atoms with Crippen molar-refractivity contribution in [1.82, 2.24) is 9.97 Å². The zero-order chi connectivity index (χ0) is 17.1. The highest BCUT2D eigenvalue weighted by Crippen LogP contribution is 2.30. The molecule has 0 radical (unpaired) electrons. The molecule has 0 aliphatic carbocycles. The van der Waals surface area contributed by atoms with Crippen LogP contribution in [0.1, 0.15) is 18.2 Å². The first-order chi connectivity index (χ1) is 11.6. The van der Waals surface area contributed by atoms with Crippen molar-refractivity contribution in [2.75, 3.05) is 17.7 Å². The van der Waals surface area contributed by atoms with Gasteiger partial charge in [-0.1, -0.05) is 12.1 Å². The Morgan fingerprint density at radius 2 is 2.08 bits per heavy atom. The van der Waals surface area contributed by atoms with Crippen LogP contribution in [-0.4, -0.2) is 32.5 Å². The minimum atomic E-state index is -1.11. The summed E-state index contributed by atoms with van der Waals surface area (Å²) in [7, 11) is -1.11. The third-order valence-electron chi connectivity index (χ3n) is 3.53. The molecule has 0 spiro atoms. The number of hydrogen-bond acceptors (Lipinski definition) is 6. The van der Waals surface area contributed by atoms with Crippen LogP contribution in [0.15, 0.2) is 29.2 Å². The molecule has 8 heteroatoms. The number of rotatable bonds is 5. The van der Waals surface area contributed by atoms with Gasteiger partial charge in [-0.15, -0.1) is 0 Å². The van der Waals surface area contributed by atoms with Crippen molar-refractivity contribution in [3.8, 4) is 0 Å². The molecule has 2 aromatic rings. The lowest BCUT2D eigenvalue weighted by Gasteiger charge is -2.10. The normalized spacial score (nSPS) is 15.8. The van der Waals surface area contributed by atoms with Gasteiger partial charge < -0.3 is 10.1 Å². The number of aromatic nitrogens is 2. The van der Waals surface area contributed by atoms with Crippen molar-refractivity contribution in [2.24, 2.45) is 0 Å². The van der Waals surface area contributed by atoms with Crippen molar-refractivity contribution in [3.05, 3.63) is 40.8 Å². The maximum absolute atomic E-state index is 12.1. The lowest BCUT2D eigenvalue weighted by atomic mass is 10.1. The molecule has 6 nitrogen and oxygen atoms in total. The zero-order valence-electron chi connectivity index (χ0n) is 13.0. The summed E-state index contributed by atoms with van der Waals surface area (Å²) in [6.07, 6.45) is 0.865. The Labute approximate surface area is 147 Å². The SMILES string of the molecule is CCOC(=O)Cc1ccc(Nc2nc(Cl)nc3c2[S@](=O)CC3)cc1. The minimum Gasteiger partial charge on any atom is -0.466 e. The molecule has 0 amide bonds. The molecule has 3 rings (SSSR count). The second-order valence-corrected chi connectivity index (χ2v) is 7.07. The van der Waals surface area contributed by atoms with E-state index in [-0.39, 0.29) is 17.7 Å². The molecule has 1 atom stereocenters. The Hall–Kier alpha value is -1.99. The Morgan fingerprint density at radius 1 is 1.33 bits per heavy atom. The van der Waals surface area contributed by atoms with Gasteiger partial charge in [0.05, 0.1) is 29.5 Å². The van der Waals surface area contributed by atoms with E-state index >= 15 is 0 Å². The standard InChI is InChI=1S/C16H16ClN3O3S/c1-2-23-13(21)9-10-3-5-11(6-4-10)18-15-14-12(7-8-24(14)22)19-16(17)20-15/h3-6H,2,7-9H2,1H3,(H,18,19,20)/t24-/m1/s1. The Kier molecular flexibility index (Phi) is 5.11. The molecule has 24 heavy (non-hydrogen) atoms.